The Labute approximate surface area is 113 Å². The predicted octanol–water partition coefficient (Wildman–Crippen LogP) is 3.43. The van der Waals surface area contributed by atoms with Crippen LogP contribution in [-0.4, -0.2) is 5.91 Å². The Morgan fingerprint density at radius 1 is 1.32 bits per heavy atom. The zero-order chi connectivity index (χ0) is 13.7. The Morgan fingerprint density at radius 2 is 2.05 bits per heavy atom. The molecule has 0 aliphatic carbocycles. The first-order chi connectivity index (χ1) is 9.19. The smallest absolute Gasteiger partial charge is 0.266 e. The summed E-state index contributed by atoms with van der Waals surface area (Å²) in [6.07, 6.45) is 1.51. The van der Waals surface area contributed by atoms with Crippen molar-refractivity contribution in [3.8, 4) is 6.07 Å². The number of hydrogen-bond donors (Lipinski definition) is 1. The molecule has 1 aromatic heterocycles. The first kappa shape index (κ1) is 13.0. The van der Waals surface area contributed by atoms with E-state index in [-0.39, 0.29) is 11.4 Å². The molecule has 0 saturated heterocycles. The molecule has 0 atom stereocenters. The SMILES string of the molecule is N#C/C(=C\c1ccsc1)C(=O)Nc1ccc(F)cc1. The van der Waals surface area contributed by atoms with E-state index in [1.165, 1.54) is 41.7 Å². The van der Waals surface area contributed by atoms with E-state index in [9.17, 15) is 9.18 Å². The number of hydrogen-bond acceptors (Lipinski definition) is 3. The molecule has 0 spiro atoms. The number of halogens is 1. The maximum atomic E-state index is 12.7. The zero-order valence-electron chi connectivity index (χ0n) is 9.76. The van der Waals surface area contributed by atoms with Crippen molar-refractivity contribution in [1.82, 2.24) is 0 Å². The number of anilines is 1. The van der Waals surface area contributed by atoms with E-state index in [1.807, 2.05) is 22.9 Å². The van der Waals surface area contributed by atoms with Crippen LogP contribution in [-0.2, 0) is 4.79 Å². The van der Waals surface area contributed by atoms with Gasteiger partial charge in [-0.05, 0) is 52.7 Å². The minimum atomic E-state index is -0.514. The van der Waals surface area contributed by atoms with Crippen LogP contribution in [0.25, 0.3) is 6.08 Å². The molecule has 1 amide bonds. The molecule has 94 valence electrons. The maximum Gasteiger partial charge on any atom is 0.266 e. The Balaban J connectivity index is 2.14. The molecule has 1 N–H and O–H groups in total. The molecule has 0 aliphatic rings. The van der Waals surface area contributed by atoms with Gasteiger partial charge in [0.2, 0.25) is 0 Å². The molecule has 19 heavy (non-hydrogen) atoms. The molecule has 0 radical (unpaired) electrons. The van der Waals surface area contributed by atoms with Crippen LogP contribution in [0.2, 0.25) is 0 Å². The van der Waals surface area contributed by atoms with Crippen LogP contribution in [0.5, 0.6) is 0 Å². The van der Waals surface area contributed by atoms with Crippen molar-refractivity contribution in [2.45, 2.75) is 0 Å². The number of benzene rings is 1. The summed E-state index contributed by atoms with van der Waals surface area (Å²) in [5, 5.41) is 15.2. The lowest BCUT2D eigenvalue weighted by molar-refractivity contribution is -0.112. The lowest BCUT2D eigenvalue weighted by Gasteiger charge is -2.03. The molecule has 0 aliphatic heterocycles. The third-order valence-corrected chi connectivity index (χ3v) is 3.02. The van der Waals surface area contributed by atoms with E-state index in [0.29, 0.717) is 5.69 Å². The van der Waals surface area contributed by atoms with Crippen molar-refractivity contribution >= 4 is 29.0 Å². The fourth-order valence-corrected chi connectivity index (χ4v) is 2.02. The third kappa shape index (κ3) is 3.50. The second-order valence-corrected chi connectivity index (χ2v) is 4.47. The third-order valence-electron chi connectivity index (χ3n) is 2.32. The largest absolute Gasteiger partial charge is 0.321 e. The number of thiophene rings is 1. The van der Waals surface area contributed by atoms with Gasteiger partial charge in [-0.1, -0.05) is 0 Å². The summed E-state index contributed by atoms with van der Waals surface area (Å²) in [5.74, 6) is -0.896. The fourth-order valence-electron chi connectivity index (χ4n) is 1.40. The summed E-state index contributed by atoms with van der Waals surface area (Å²) in [6, 6.07) is 9.02. The Hall–Kier alpha value is -2.45. The highest BCUT2D eigenvalue weighted by Gasteiger charge is 2.09. The van der Waals surface area contributed by atoms with Gasteiger partial charge in [0, 0.05) is 5.69 Å². The summed E-state index contributed by atoms with van der Waals surface area (Å²) >= 11 is 1.48. The summed E-state index contributed by atoms with van der Waals surface area (Å²) in [7, 11) is 0. The van der Waals surface area contributed by atoms with Crippen LogP contribution >= 0.6 is 11.3 Å². The lowest BCUT2D eigenvalue weighted by Crippen LogP contribution is -2.13. The normalized spacial score (nSPS) is 10.8. The maximum absolute atomic E-state index is 12.7. The van der Waals surface area contributed by atoms with Gasteiger partial charge in [-0.3, -0.25) is 4.79 Å². The van der Waals surface area contributed by atoms with Crippen LogP contribution in [0.4, 0.5) is 10.1 Å². The molecule has 0 fully saturated rings. The molecule has 2 rings (SSSR count). The average molecular weight is 272 g/mol. The Kier molecular flexibility index (Phi) is 4.06. The number of amides is 1. The summed E-state index contributed by atoms with van der Waals surface area (Å²) < 4.78 is 12.7. The molecule has 0 bridgehead atoms. The number of carbonyl (C=O) groups is 1. The van der Waals surface area contributed by atoms with Gasteiger partial charge in [0.1, 0.15) is 17.5 Å². The number of rotatable bonds is 3. The van der Waals surface area contributed by atoms with E-state index >= 15 is 0 Å². The van der Waals surface area contributed by atoms with Crippen molar-refractivity contribution in [2.75, 3.05) is 5.32 Å². The van der Waals surface area contributed by atoms with Gasteiger partial charge in [-0.2, -0.15) is 16.6 Å². The second kappa shape index (κ2) is 5.94. The van der Waals surface area contributed by atoms with Gasteiger partial charge >= 0.3 is 0 Å². The summed E-state index contributed by atoms with van der Waals surface area (Å²) in [6.45, 7) is 0. The van der Waals surface area contributed by atoms with Crippen LogP contribution in [0, 0.1) is 17.1 Å². The van der Waals surface area contributed by atoms with Gasteiger partial charge in [0.25, 0.3) is 5.91 Å². The monoisotopic (exact) mass is 272 g/mol. The molecule has 2 aromatic rings. The lowest BCUT2D eigenvalue weighted by atomic mass is 10.2. The molecule has 1 aromatic carbocycles. The van der Waals surface area contributed by atoms with E-state index in [4.69, 9.17) is 5.26 Å². The second-order valence-electron chi connectivity index (χ2n) is 3.69. The molecule has 5 heteroatoms. The van der Waals surface area contributed by atoms with Crippen molar-refractivity contribution < 1.29 is 9.18 Å². The zero-order valence-corrected chi connectivity index (χ0v) is 10.6. The van der Waals surface area contributed by atoms with Crippen LogP contribution < -0.4 is 5.32 Å². The van der Waals surface area contributed by atoms with E-state index in [1.54, 1.807) is 0 Å². The summed E-state index contributed by atoms with van der Waals surface area (Å²) in [5.41, 5.74) is 1.25. The van der Waals surface area contributed by atoms with Crippen molar-refractivity contribution in [1.29, 1.82) is 5.26 Å². The molecule has 0 saturated carbocycles. The van der Waals surface area contributed by atoms with Crippen LogP contribution in [0.15, 0.2) is 46.7 Å². The van der Waals surface area contributed by atoms with Crippen LogP contribution in [0.3, 0.4) is 0 Å². The highest BCUT2D eigenvalue weighted by Crippen LogP contribution is 2.13. The Morgan fingerprint density at radius 3 is 2.63 bits per heavy atom. The number of carbonyl (C=O) groups excluding carboxylic acids is 1. The first-order valence-corrected chi connectivity index (χ1v) is 6.34. The topological polar surface area (TPSA) is 52.9 Å². The highest BCUT2D eigenvalue weighted by molar-refractivity contribution is 7.08. The molecule has 1 heterocycles. The Bertz CT molecular complexity index is 639. The van der Waals surface area contributed by atoms with Crippen molar-refractivity contribution in [3.63, 3.8) is 0 Å². The number of nitriles is 1. The predicted molar refractivity (Wildman–Crippen MR) is 72.9 cm³/mol. The van der Waals surface area contributed by atoms with Gasteiger partial charge in [-0.25, -0.2) is 4.39 Å². The minimum Gasteiger partial charge on any atom is -0.321 e. The fraction of sp³-hybridized carbons (Fsp3) is 0. The van der Waals surface area contributed by atoms with Gasteiger partial charge in [-0.15, -0.1) is 0 Å². The molecular formula is C14H9FN2OS. The summed E-state index contributed by atoms with van der Waals surface area (Å²) in [4.78, 5) is 11.9. The van der Waals surface area contributed by atoms with Crippen molar-refractivity contribution in [3.05, 3.63) is 58.0 Å². The number of nitrogens with zero attached hydrogens (tertiary/aromatic N) is 1. The van der Waals surface area contributed by atoms with Gasteiger partial charge < -0.3 is 5.32 Å². The van der Waals surface area contributed by atoms with E-state index in [0.717, 1.165) is 5.56 Å². The van der Waals surface area contributed by atoms with Crippen LogP contribution in [0.1, 0.15) is 5.56 Å². The quantitative estimate of drug-likeness (QED) is 0.687. The van der Waals surface area contributed by atoms with Gasteiger partial charge in [0.05, 0.1) is 0 Å². The molecule has 0 unspecified atom stereocenters. The molecular weight excluding hydrogens is 263 g/mol. The minimum absolute atomic E-state index is 0.00252. The van der Waals surface area contributed by atoms with E-state index < -0.39 is 5.91 Å². The number of nitrogens with one attached hydrogen (secondary N) is 1. The van der Waals surface area contributed by atoms with Gasteiger partial charge in [0.15, 0.2) is 0 Å². The first-order valence-electron chi connectivity index (χ1n) is 5.40. The van der Waals surface area contributed by atoms with Crippen molar-refractivity contribution in [2.24, 2.45) is 0 Å². The average Bonchev–Trinajstić information content (AvgIpc) is 2.91. The van der Waals surface area contributed by atoms with E-state index in [2.05, 4.69) is 5.32 Å². The highest BCUT2D eigenvalue weighted by atomic mass is 32.1. The standard InChI is InChI=1S/C14H9FN2OS/c15-12-1-3-13(4-2-12)17-14(18)11(8-16)7-10-5-6-19-9-10/h1-7,9H,(H,17,18)/b11-7+. The molecule has 3 nitrogen and oxygen atoms in total.